The Balaban J connectivity index is 1.20. The van der Waals surface area contributed by atoms with Gasteiger partial charge in [-0.3, -0.25) is 9.69 Å². The largest absolute Gasteiger partial charge is 0.497 e. The lowest BCUT2D eigenvalue weighted by molar-refractivity contribution is -0.126. The average Bonchev–Trinajstić information content (AvgIpc) is 3.26. The van der Waals surface area contributed by atoms with E-state index in [1.165, 1.54) is 27.7 Å². The zero-order chi connectivity index (χ0) is 24.9. The van der Waals surface area contributed by atoms with Crippen LogP contribution in [0.4, 0.5) is 0 Å². The van der Waals surface area contributed by atoms with Crippen molar-refractivity contribution < 1.29 is 9.53 Å². The number of nitrogens with one attached hydrogen (secondary N) is 1. The van der Waals surface area contributed by atoms with Gasteiger partial charge in [0.2, 0.25) is 5.91 Å². The number of carbonyl (C=O) groups is 1. The Morgan fingerprint density at radius 3 is 2.42 bits per heavy atom. The van der Waals surface area contributed by atoms with E-state index in [0.717, 1.165) is 50.3 Å². The van der Waals surface area contributed by atoms with Crippen molar-refractivity contribution in [2.24, 2.45) is 5.92 Å². The van der Waals surface area contributed by atoms with E-state index < -0.39 is 0 Å². The summed E-state index contributed by atoms with van der Waals surface area (Å²) in [6.07, 6.45) is 1.79. The smallest absolute Gasteiger partial charge is 0.223 e. The monoisotopic (exact) mass is 481 g/mol. The number of para-hydroxylation sites is 1. The third kappa shape index (κ3) is 5.47. The zero-order valence-electron chi connectivity index (χ0n) is 21.2. The number of methoxy groups -OCH3 is 1. The van der Waals surface area contributed by atoms with Crippen LogP contribution in [0.5, 0.6) is 5.75 Å². The minimum Gasteiger partial charge on any atom is -0.497 e. The van der Waals surface area contributed by atoms with Crippen molar-refractivity contribution in [1.29, 1.82) is 0 Å². The second kappa shape index (κ2) is 11.0. The van der Waals surface area contributed by atoms with Gasteiger partial charge in [-0.1, -0.05) is 54.6 Å². The Morgan fingerprint density at radius 2 is 1.67 bits per heavy atom. The second-order valence-electron chi connectivity index (χ2n) is 9.82. The molecule has 5 heteroatoms. The fourth-order valence-electron chi connectivity index (χ4n) is 5.20. The molecule has 5 rings (SSSR count). The molecule has 1 saturated heterocycles. The first-order chi connectivity index (χ1) is 17.6. The number of aromatic nitrogens is 1. The van der Waals surface area contributed by atoms with E-state index in [1.54, 1.807) is 7.11 Å². The minimum atomic E-state index is 0.0809. The van der Waals surface area contributed by atoms with E-state index in [0.29, 0.717) is 6.54 Å². The summed E-state index contributed by atoms with van der Waals surface area (Å²) in [4.78, 5) is 15.3. The van der Waals surface area contributed by atoms with E-state index in [-0.39, 0.29) is 11.8 Å². The van der Waals surface area contributed by atoms with Crippen molar-refractivity contribution in [3.05, 3.63) is 101 Å². The van der Waals surface area contributed by atoms with E-state index in [9.17, 15) is 4.79 Å². The molecule has 36 heavy (non-hydrogen) atoms. The van der Waals surface area contributed by atoms with Crippen LogP contribution >= 0.6 is 0 Å². The number of piperidine rings is 1. The maximum absolute atomic E-state index is 12.8. The normalized spacial score (nSPS) is 14.7. The number of amides is 1. The Labute approximate surface area is 213 Å². The molecule has 0 unspecified atom stereocenters. The molecule has 0 spiro atoms. The van der Waals surface area contributed by atoms with E-state index >= 15 is 0 Å². The third-order valence-corrected chi connectivity index (χ3v) is 7.46. The van der Waals surface area contributed by atoms with Gasteiger partial charge in [-0.2, -0.15) is 0 Å². The molecule has 1 aliphatic heterocycles. The molecule has 1 aliphatic rings. The predicted octanol–water partition coefficient (Wildman–Crippen LogP) is 5.54. The lowest BCUT2D eigenvalue weighted by Crippen LogP contribution is -2.40. The molecule has 2 heterocycles. The molecular formula is C31H35N3O2. The third-order valence-electron chi connectivity index (χ3n) is 7.46. The molecule has 0 radical (unpaired) electrons. The molecule has 5 nitrogen and oxygen atoms in total. The molecule has 1 aromatic heterocycles. The first-order valence-electron chi connectivity index (χ1n) is 12.9. The molecule has 0 atom stereocenters. The molecule has 186 valence electrons. The number of aryl methyl sites for hydroxylation is 1. The zero-order valence-corrected chi connectivity index (χ0v) is 21.2. The van der Waals surface area contributed by atoms with Gasteiger partial charge < -0.3 is 14.6 Å². The first kappa shape index (κ1) is 24.1. The number of ether oxygens (including phenoxy) is 1. The highest BCUT2D eigenvalue weighted by Crippen LogP contribution is 2.26. The second-order valence-corrected chi connectivity index (χ2v) is 9.82. The lowest BCUT2D eigenvalue weighted by Gasteiger charge is -2.31. The number of fused-ring (bicyclic) bond motifs is 1. The summed E-state index contributed by atoms with van der Waals surface area (Å²) in [6.45, 7) is 6.40. The highest BCUT2D eigenvalue weighted by molar-refractivity contribution is 5.81. The van der Waals surface area contributed by atoms with Crippen LogP contribution in [0.3, 0.4) is 0 Å². The van der Waals surface area contributed by atoms with Gasteiger partial charge in [0.1, 0.15) is 5.75 Å². The van der Waals surface area contributed by atoms with Crippen LogP contribution in [0.25, 0.3) is 10.9 Å². The molecular weight excluding hydrogens is 446 g/mol. The fourth-order valence-corrected chi connectivity index (χ4v) is 5.20. The summed E-state index contributed by atoms with van der Waals surface area (Å²) in [5.74, 6) is 1.08. The lowest BCUT2D eigenvalue weighted by atomic mass is 9.95. The van der Waals surface area contributed by atoms with Gasteiger partial charge in [0.25, 0.3) is 0 Å². The van der Waals surface area contributed by atoms with Gasteiger partial charge in [0.15, 0.2) is 0 Å². The van der Waals surface area contributed by atoms with Gasteiger partial charge in [-0.15, -0.1) is 0 Å². The summed E-state index contributed by atoms with van der Waals surface area (Å²) in [5, 5.41) is 4.41. The molecule has 0 bridgehead atoms. The molecule has 1 fully saturated rings. The maximum atomic E-state index is 12.8. The van der Waals surface area contributed by atoms with Crippen molar-refractivity contribution >= 4 is 16.8 Å². The van der Waals surface area contributed by atoms with E-state index in [2.05, 4.69) is 76.3 Å². The van der Waals surface area contributed by atoms with Crippen LogP contribution in [0.1, 0.15) is 35.2 Å². The summed E-state index contributed by atoms with van der Waals surface area (Å²) < 4.78 is 7.67. The van der Waals surface area contributed by atoms with Crippen molar-refractivity contribution in [2.45, 2.75) is 39.4 Å². The van der Waals surface area contributed by atoms with E-state index in [1.807, 2.05) is 24.3 Å². The minimum absolute atomic E-state index is 0.0809. The topological polar surface area (TPSA) is 46.5 Å². The Bertz CT molecular complexity index is 1320. The summed E-state index contributed by atoms with van der Waals surface area (Å²) in [7, 11) is 1.66. The highest BCUT2D eigenvalue weighted by atomic mass is 16.5. The SMILES string of the molecule is COc1ccc(CNC(=O)C2CCN(Cc3cc4ccccc4n3Cc3ccccc3C)CC2)cc1. The molecule has 0 aliphatic carbocycles. The van der Waals surface area contributed by atoms with Crippen LogP contribution in [-0.2, 0) is 24.4 Å². The number of hydrogen-bond donors (Lipinski definition) is 1. The van der Waals surface area contributed by atoms with Gasteiger partial charge in [-0.25, -0.2) is 0 Å². The molecule has 0 saturated carbocycles. The van der Waals surface area contributed by atoms with Crippen molar-refractivity contribution in [3.8, 4) is 5.75 Å². The van der Waals surface area contributed by atoms with Crippen LogP contribution in [0.15, 0.2) is 78.9 Å². The van der Waals surface area contributed by atoms with Crippen LogP contribution in [-0.4, -0.2) is 35.6 Å². The Hall–Kier alpha value is -3.57. The number of benzene rings is 3. The predicted molar refractivity (Wildman–Crippen MR) is 145 cm³/mol. The van der Waals surface area contributed by atoms with Crippen LogP contribution in [0.2, 0.25) is 0 Å². The number of nitrogens with zero attached hydrogens (tertiary/aromatic N) is 2. The molecule has 1 N–H and O–H groups in total. The van der Waals surface area contributed by atoms with Crippen LogP contribution < -0.4 is 10.1 Å². The first-order valence-corrected chi connectivity index (χ1v) is 12.9. The molecule has 4 aromatic rings. The van der Waals surface area contributed by atoms with Crippen LogP contribution in [0, 0.1) is 12.8 Å². The standard InChI is InChI=1S/C31H35N3O2/c1-23-7-3-4-9-27(23)21-34-28(19-26-8-5-6-10-30(26)34)22-33-17-15-25(16-18-33)31(35)32-20-24-11-13-29(36-2)14-12-24/h3-14,19,25H,15-18,20-22H2,1-2H3,(H,32,35). The Kier molecular flexibility index (Phi) is 7.38. The summed E-state index contributed by atoms with van der Waals surface area (Å²) >= 11 is 0. The maximum Gasteiger partial charge on any atom is 0.223 e. The van der Waals surface area contributed by atoms with Crippen molar-refractivity contribution in [1.82, 2.24) is 14.8 Å². The molecule has 1 amide bonds. The Morgan fingerprint density at radius 1 is 0.944 bits per heavy atom. The average molecular weight is 482 g/mol. The summed E-state index contributed by atoms with van der Waals surface area (Å²) in [6, 6.07) is 27.5. The number of rotatable bonds is 8. The highest BCUT2D eigenvalue weighted by Gasteiger charge is 2.25. The molecule has 3 aromatic carbocycles. The summed E-state index contributed by atoms with van der Waals surface area (Å²) in [5.41, 5.74) is 6.38. The van der Waals surface area contributed by atoms with Gasteiger partial charge in [0.05, 0.1) is 7.11 Å². The van der Waals surface area contributed by atoms with E-state index in [4.69, 9.17) is 4.74 Å². The van der Waals surface area contributed by atoms with Crippen molar-refractivity contribution in [2.75, 3.05) is 20.2 Å². The van der Waals surface area contributed by atoms with Crippen molar-refractivity contribution in [3.63, 3.8) is 0 Å². The number of likely N-dealkylation sites (tertiary alicyclic amines) is 1. The fraction of sp³-hybridized carbons (Fsp3) is 0.323. The quantitative estimate of drug-likeness (QED) is 0.360. The number of carbonyl (C=O) groups excluding carboxylic acids is 1. The van der Waals surface area contributed by atoms with Gasteiger partial charge in [-0.05, 0) is 79.2 Å². The number of hydrogen-bond acceptors (Lipinski definition) is 3. The van der Waals surface area contributed by atoms with Gasteiger partial charge in [0, 0.05) is 36.8 Å². The van der Waals surface area contributed by atoms with Gasteiger partial charge >= 0.3 is 0 Å².